The zero-order valence-corrected chi connectivity index (χ0v) is 18.1. The summed E-state index contributed by atoms with van der Waals surface area (Å²) < 4.78 is 10.6. The first-order valence-electron chi connectivity index (χ1n) is 9.50. The van der Waals surface area contributed by atoms with Crippen LogP contribution in [0.15, 0.2) is 24.3 Å². The minimum Gasteiger partial charge on any atom is -0.481 e. The molecule has 9 heteroatoms. The lowest BCUT2D eigenvalue weighted by Gasteiger charge is -2.19. The Balaban J connectivity index is 2.10. The van der Waals surface area contributed by atoms with Crippen LogP contribution in [0.1, 0.15) is 40.5 Å². The molecule has 1 aromatic rings. The topological polar surface area (TPSA) is 106 Å². The molecule has 0 bridgehead atoms. The summed E-state index contributed by atoms with van der Waals surface area (Å²) in [5, 5.41) is 8.60. The van der Waals surface area contributed by atoms with Crippen LogP contribution in [0.5, 0.6) is 5.75 Å². The fraction of sp³-hybridized carbons (Fsp3) is 0.550. The zero-order valence-electron chi connectivity index (χ0n) is 17.3. The molecule has 1 unspecified atom stereocenters. The van der Waals surface area contributed by atoms with Crippen molar-refractivity contribution in [2.75, 3.05) is 19.6 Å². The van der Waals surface area contributed by atoms with Gasteiger partial charge in [0.25, 0.3) is 5.91 Å². The predicted molar refractivity (Wildman–Crippen MR) is 111 cm³/mol. The van der Waals surface area contributed by atoms with E-state index < -0.39 is 17.8 Å². The lowest BCUT2D eigenvalue weighted by Crippen LogP contribution is -2.38. The highest BCUT2D eigenvalue weighted by Gasteiger charge is 2.16. The first-order valence-corrected chi connectivity index (χ1v) is 9.88. The molecule has 29 heavy (non-hydrogen) atoms. The molecule has 0 fully saturated rings. The van der Waals surface area contributed by atoms with Gasteiger partial charge < -0.3 is 25.4 Å². The summed E-state index contributed by atoms with van der Waals surface area (Å²) in [6, 6.07) is 6.76. The molecule has 8 nitrogen and oxygen atoms in total. The monoisotopic (exact) mass is 427 g/mol. The Morgan fingerprint density at radius 1 is 1.00 bits per heavy atom. The van der Waals surface area contributed by atoms with Crippen LogP contribution in [0.2, 0.25) is 5.02 Å². The van der Waals surface area contributed by atoms with E-state index in [0.717, 1.165) is 0 Å². The quantitative estimate of drug-likeness (QED) is 0.498. The molecule has 0 saturated heterocycles. The van der Waals surface area contributed by atoms with E-state index in [2.05, 4.69) is 16.0 Å². The number of rotatable bonds is 10. The Morgan fingerprint density at radius 2 is 1.62 bits per heavy atom. The third-order valence-corrected chi connectivity index (χ3v) is 3.74. The summed E-state index contributed by atoms with van der Waals surface area (Å²) in [6.45, 7) is 7.97. The van der Waals surface area contributed by atoms with Crippen molar-refractivity contribution in [3.8, 4) is 5.75 Å². The van der Waals surface area contributed by atoms with Crippen molar-refractivity contribution >= 4 is 29.5 Å². The number of hydrogen-bond acceptors (Lipinski definition) is 5. The summed E-state index contributed by atoms with van der Waals surface area (Å²) in [4.78, 5) is 35.2. The number of alkyl carbamates (subject to hydrolysis) is 1. The zero-order chi connectivity index (χ0) is 21.9. The maximum atomic E-state index is 12.0. The Labute approximate surface area is 176 Å². The molecule has 0 aliphatic heterocycles. The van der Waals surface area contributed by atoms with Crippen molar-refractivity contribution in [2.24, 2.45) is 0 Å². The summed E-state index contributed by atoms with van der Waals surface area (Å²) in [5.41, 5.74) is -0.575. The van der Waals surface area contributed by atoms with E-state index in [0.29, 0.717) is 30.3 Å². The number of benzene rings is 1. The number of ether oxygens (including phenoxy) is 2. The minimum atomic E-state index is -0.648. The van der Waals surface area contributed by atoms with Gasteiger partial charge in [0, 0.05) is 31.1 Å². The van der Waals surface area contributed by atoms with Gasteiger partial charge in [-0.2, -0.15) is 0 Å². The van der Waals surface area contributed by atoms with E-state index in [9.17, 15) is 14.4 Å². The van der Waals surface area contributed by atoms with E-state index in [1.165, 1.54) is 0 Å². The van der Waals surface area contributed by atoms with E-state index in [1.807, 2.05) is 0 Å². The van der Waals surface area contributed by atoms with Gasteiger partial charge in [0.1, 0.15) is 11.4 Å². The van der Waals surface area contributed by atoms with Gasteiger partial charge in [0.05, 0.1) is 0 Å². The molecular formula is C20H30ClN3O5. The van der Waals surface area contributed by atoms with Crippen molar-refractivity contribution in [3.05, 3.63) is 29.3 Å². The van der Waals surface area contributed by atoms with E-state index in [4.69, 9.17) is 21.1 Å². The van der Waals surface area contributed by atoms with Crippen LogP contribution in [-0.4, -0.2) is 49.2 Å². The van der Waals surface area contributed by atoms with Gasteiger partial charge in [-0.1, -0.05) is 11.6 Å². The van der Waals surface area contributed by atoms with Crippen LogP contribution in [0.4, 0.5) is 4.79 Å². The largest absolute Gasteiger partial charge is 0.481 e. The smallest absolute Gasteiger partial charge is 0.407 e. The van der Waals surface area contributed by atoms with Gasteiger partial charge in [-0.3, -0.25) is 9.59 Å². The minimum absolute atomic E-state index is 0.150. The van der Waals surface area contributed by atoms with Crippen LogP contribution in [0.3, 0.4) is 0 Å². The van der Waals surface area contributed by atoms with Crippen molar-refractivity contribution in [2.45, 2.75) is 52.2 Å². The second kappa shape index (κ2) is 12.2. The summed E-state index contributed by atoms with van der Waals surface area (Å²) >= 11 is 5.81. The highest BCUT2D eigenvalue weighted by Crippen LogP contribution is 2.16. The Morgan fingerprint density at radius 3 is 2.24 bits per heavy atom. The van der Waals surface area contributed by atoms with Gasteiger partial charge in [-0.25, -0.2) is 4.79 Å². The Hall–Kier alpha value is -2.48. The number of halogens is 1. The highest BCUT2D eigenvalue weighted by atomic mass is 35.5. The van der Waals surface area contributed by atoms with Crippen molar-refractivity contribution in [1.29, 1.82) is 0 Å². The fourth-order valence-corrected chi connectivity index (χ4v) is 2.25. The molecule has 1 aromatic carbocycles. The fourth-order valence-electron chi connectivity index (χ4n) is 2.12. The number of nitrogens with one attached hydrogen (secondary N) is 3. The van der Waals surface area contributed by atoms with Gasteiger partial charge in [-0.05, 0) is 58.4 Å². The SMILES string of the molecule is CC(Oc1ccc(Cl)cc1)C(=O)NCCCNC(=O)CCNC(=O)OC(C)(C)C. The molecule has 0 radical (unpaired) electrons. The van der Waals surface area contributed by atoms with Gasteiger partial charge in [-0.15, -0.1) is 0 Å². The van der Waals surface area contributed by atoms with Crippen molar-refractivity contribution in [3.63, 3.8) is 0 Å². The Kier molecular flexibility index (Phi) is 10.3. The van der Waals surface area contributed by atoms with Gasteiger partial charge in [0.15, 0.2) is 6.10 Å². The summed E-state index contributed by atoms with van der Waals surface area (Å²) in [6.07, 6.45) is -0.477. The van der Waals surface area contributed by atoms with E-state index >= 15 is 0 Å². The molecule has 0 aromatic heterocycles. The molecule has 3 N–H and O–H groups in total. The number of hydrogen-bond donors (Lipinski definition) is 3. The van der Waals surface area contributed by atoms with Crippen LogP contribution in [-0.2, 0) is 14.3 Å². The van der Waals surface area contributed by atoms with E-state index in [1.54, 1.807) is 52.0 Å². The maximum Gasteiger partial charge on any atom is 0.407 e. The van der Waals surface area contributed by atoms with Crippen LogP contribution in [0, 0.1) is 0 Å². The first kappa shape index (κ1) is 24.6. The standard InChI is InChI=1S/C20H30ClN3O5/c1-14(28-16-8-6-15(21)7-9-16)18(26)23-12-5-11-22-17(25)10-13-24-19(27)29-20(2,3)4/h6-9,14H,5,10-13H2,1-4H3,(H,22,25)(H,23,26)(H,24,27). The first-order chi connectivity index (χ1) is 13.6. The molecule has 0 spiro atoms. The van der Waals surface area contributed by atoms with Crippen LogP contribution >= 0.6 is 11.6 Å². The maximum absolute atomic E-state index is 12.0. The second-order valence-electron chi connectivity index (χ2n) is 7.39. The molecule has 1 atom stereocenters. The van der Waals surface area contributed by atoms with Crippen LogP contribution < -0.4 is 20.7 Å². The average Bonchev–Trinajstić information content (AvgIpc) is 2.61. The lowest BCUT2D eigenvalue weighted by atomic mass is 10.2. The molecule has 0 aliphatic rings. The van der Waals surface area contributed by atoms with Gasteiger partial charge >= 0.3 is 6.09 Å². The number of carbonyl (C=O) groups excluding carboxylic acids is 3. The molecular weight excluding hydrogens is 398 g/mol. The second-order valence-corrected chi connectivity index (χ2v) is 7.82. The molecule has 0 heterocycles. The third-order valence-electron chi connectivity index (χ3n) is 3.49. The lowest BCUT2D eigenvalue weighted by molar-refractivity contribution is -0.127. The third kappa shape index (κ3) is 11.8. The average molecular weight is 428 g/mol. The highest BCUT2D eigenvalue weighted by molar-refractivity contribution is 6.30. The Bertz CT molecular complexity index is 674. The number of amides is 3. The summed E-state index contributed by atoms with van der Waals surface area (Å²) in [7, 11) is 0. The van der Waals surface area contributed by atoms with Crippen LogP contribution in [0.25, 0.3) is 0 Å². The predicted octanol–water partition coefficient (Wildman–Crippen LogP) is 2.64. The normalized spacial score (nSPS) is 11.9. The van der Waals surface area contributed by atoms with E-state index in [-0.39, 0.29) is 24.8 Å². The van der Waals surface area contributed by atoms with Crippen molar-refractivity contribution < 1.29 is 23.9 Å². The molecule has 3 amide bonds. The van der Waals surface area contributed by atoms with Crippen molar-refractivity contribution in [1.82, 2.24) is 16.0 Å². The molecule has 1 rings (SSSR count). The molecule has 0 saturated carbocycles. The number of carbonyl (C=O) groups is 3. The summed E-state index contributed by atoms with van der Waals surface area (Å²) in [5.74, 6) is 0.129. The molecule has 0 aliphatic carbocycles. The van der Waals surface area contributed by atoms with Gasteiger partial charge in [0.2, 0.25) is 5.91 Å². The molecule has 162 valence electrons.